The summed E-state index contributed by atoms with van der Waals surface area (Å²) >= 11 is 12.3. The number of benzene rings is 2. The van der Waals surface area contributed by atoms with Crippen LogP contribution in [0, 0.1) is 0 Å². The van der Waals surface area contributed by atoms with Crippen molar-refractivity contribution in [1.29, 1.82) is 0 Å². The fourth-order valence-corrected chi connectivity index (χ4v) is 4.74. The van der Waals surface area contributed by atoms with E-state index in [0.29, 0.717) is 17.2 Å². The Morgan fingerprint density at radius 2 is 1.65 bits per heavy atom. The van der Waals surface area contributed by atoms with Gasteiger partial charge in [0.05, 0.1) is 23.9 Å². The largest absolute Gasteiger partial charge is 0.495 e. The molecule has 0 saturated heterocycles. The summed E-state index contributed by atoms with van der Waals surface area (Å²) in [4.78, 5) is -0.0747. The highest BCUT2D eigenvalue weighted by Crippen LogP contribution is 2.38. The van der Waals surface area contributed by atoms with Gasteiger partial charge in [-0.25, -0.2) is 8.42 Å². The normalized spacial score (nSPS) is 11.5. The molecule has 0 aromatic heterocycles. The number of hydrogen-bond acceptors (Lipinski definition) is 4. The molecule has 0 spiro atoms. The van der Waals surface area contributed by atoms with Crippen LogP contribution >= 0.6 is 23.2 Å². The number of halogens is 2. The Morgan fingerprint density at radius 1 is 1.04 bits per heavy atom. The van der Waals surface area contributed by atoms with E-state index >= 15 is 0 Å². The number of methoxy groups -OCH3 is 1. The molecule has 0 bridgehead atoms. The van der Waals surface area contributed by atoms with Gasteiger partial charge in [-0.05, 0) is 57.2 Å². The van der Waals surface area contributed by atoms with E-state index in [-0.39, 0.29) is 27.6 Å². The van der Waals surface area contributed by atoms with E-state index in [9.17, 15) is 8.42 Å². The first-order chi connectivity index (χ1) is 12.2. The third-order valence-electron chi connectivity index (χ3n) is 3.58. The van der Waals surface area contributed by atoms with Crippen molar-refractivity contribution >= 4 is 38.9 Å². The number of nitrogens with zero attached hydrogens (tertiary/aromatic N) is 1. The maximum Gasteiger partial charge on any atom is 0.265 e. The molecule has 0 saturated carbocycles. The van der Waals surface area contributed by atoms with Gasteiger partial charge in [0.15, 0.2) is 0 Å². The van der Waals surface area contributed by atoms with Crippen LogP contribution in [0.25, 0.3) is 0 Å². The minimum absolute atomic E-state index is 0.0344. The molecule has 0 aliphatic heterocycles. The quantitative estimate of drug-likeness (QED) is 0.635. The maximum atomic E-state index is 13.1. The number of ether oxygens (including phenoxy) is 2. The van der Waals surface area contributed by atoms with Crippen molar-refractivity contribution in [3.05, 3.63) is 46.4 Å². The van der Waals surface area contributed by atoms with Gasteiger partial charge in [0.1, 0.15) is 21.4 Å². The van der Waals surface area contributed by atoms with Crippen molar-refractivity contribution in [2.24, 2.45) is 0 Å². The summed E-state index contributed by atoms with van der Waals surface area (Å²) in [5, 5.41) is -0.00351. The number of sulfonamides is 1. The van der Waals surface area contributed by atoms with E-state index in [1.807, 2.05) is 13.8 Å². The SMILES string of the molecule is CCN(c1ccc(OC(C)C)cc1)S(=O)(=O)c1ccc(OC)c(Cl)c1Cl. The molecule has 0 N–H and O–H groups in total. The van der Waals surface area contributed by atoms with Crippen LogP contribution in [0.3, 0.4) is 0 Å². The summed E-state index contributed by atoms with van der Waals surface area (Å²) in [5.41, 5.74) is 0.506. The summed E-state index contributed by atoms with van der Waals surface area (Å²) in [7, 11) is -2.46. The van der Waals surface area contributed by atoms with Crippen LogP contribution in [0.1, 0.15) is 20.8 Å². The minimum Gasteiger partial charge on any atom is -0.495 e. The van der Waals surface area contributed by atoms with Gasteiger partial charge < -0.3 is 9.47 Å². The average Bonchev–Trinajstić information content (AvgIpc) is 2.58. The Balaban J connectivity index is 2.44. The number of anilines is 1. The van der Waals surface area contributed by atoms with Crippen LogP contribution < -0.4 is 13.8 Å². The molecular formula is C18H21Cl2NO4S. The maximum absolute atomic E-state index is 13.1. The summed E-state index contributed by atoms with van der Waals surface area (Å²) in [6, 6.07) is 9.72. The molecule has 26 heavy (non-hydrogen) atoms. The Kier molecular flexibility index (Phi) is 6.66. The van der Waals surface area contributed by atoms with Gasteiger partial charge >= 0.3 is 0 Å². The molecule has 0 heterocycles. The lowest BCUT2D eigenvalue weighted by molar-refractivity contribution is 0.242. The second kappa shape index (κ2) is 8.37. The highest BCUT2D eigenvalue weighted by atomic mass is 35.5. The Labute approximate surface area is 164 Å². The van der Waals surface area contributed by atoms with Crippen LogP contribution in [0.5, 0.6) is 11.5 Å². The van der Waals surface area contributed by atoms with E-state index in [0.717, 1.165) is 0 Å². The van der Waals surface area contributed by atoms with E-state index < -0.39 is 10.0 Å². The molecule has 142 valence electrons. The molecule has 0 radical (unpaired) electrons. The zero-order valence-electron chi connectivity index (χ0n) is 15.0. The molecule has 5 nitrogen and oxygen atoms in total. The van der Waals surface area contributed by atoms with Gasteiger partial charge in [-0.2, -0.15) is 0 Å². The summed E-state index contributed by atoms with van der Waals surface area (Å²) in [5.74, 6) is 0.983. The molecular weight excluding hydrogens is 397 g/mol. The second-order valence-corrected chi connectivity index (χ2v) is 8.31. The molecule has 2 aromatic rings. The predicted octanol–water partition coefficient (Wildman–Crippen LogP) is 5.00. The van der Waals surface area contributed by atoms with Crippen molar-refractivity contribution in [1.82, 2.24) is 0 Å². The predicted molar refractivity (Wildman–Crippen MR) is 105 cm³/mol. The van der Waals surface area contributed by atoms with Gasteiger partial charge in [-0.3, -0.25) is 4.31 Å². The smallest absolute Gasteiger partial charge is 0.265 e. The van der Waals surface area contributed by atoms with Gasteiger partial charge in [-0.1, -0.05) is 23.2 Å². The van der Waals surface area contributed by atoms with Crippen molar-refractivity contribution < 1.29 is 17.9 Å². The first-order valence-corrected chi connectivity index (χ1v) is 10.2. The summed E-state index contributed by atoms with van der Waals surface area (Å²) in [6.45, 7) is 5.82. The Morgan fingerprint density at radius 3 is 2.15 bits per heavy atom. The van der Waals surface area contributed by atoms with Gasteiger partial charge in [0.25, 0.3) is 10.0 Å². The van der Waals surface area contributed by atoms with E-state index in [4.69, 9.17) is 32.7 Å². The third kappa shape index (κ3) is 4.19. The molecule has 0 aliphatic carbocycles. The highest BCUT2D eigenvalue weighted by Gasteiger charge is 2.28. The zero-order chi connectivity index (χ0) is 19.5. The minimum atomic E-state index is -3.90. The Bertz CT molecular complexity index is 868. The standard InChI is InChI=1S/C18H21Cl2NO4S/c1-5-21(13-6-8-14(9-7-13)25-12(2)3)26(22,23)16-11-10-15(24-4)17(19)18(16)20/h6-12H,5H2,1-4H3. The fourth-order valence-electron chi connectivity index (χ4n) is 2.44. The van der Waals surface area contributed by atoms with Gasteiger partial charge in [-0.15, -0.1) is 0 Å². The molecule has 2 aromatic carbocycles. The van der Waals surface area contributed by atoms with Crippen LogP contribution in [0.2, 0.25) is 10.0 Å². The van der Waals surface area contributed by atoms with Crippen molar-refractivity contribution in [3.8, 4) is 11.5 Å². The molecule has 0 unspecified atom stereocenters. The molecule has 0 amide bonds. The monoisotopic (exact) mass is 417 g/mol. The summed E-state index contributed by atoms with van der Waals surface area (Å²) < 4.78 is 38.1. The third-order valence-corrected chi connectivity index (χ3v) is 6.51. The topological polar surface area (TPSA) is 55.8 Å². The molecule has 2 rings (SSSR count). The van der Waals surface area contributed by atoms with E-state index in [2.05, 4.69) is 0 Å². The molecule has 0 atom stereocenters. The van der Waals surface area contributed by atoms with Crippen LogP contribution in [-0.4, -0.2) is 28.2 Å². The number of rotatable bonds is 7. The first-order valence-electron chi connectivity index (χ1n) is 8.03. The summed E-state index contributed by atoms with van der Waals surface area (Å²) in [6.07, 6.45) is 0.0344. The first kappa shape index (κ1) is 20.7. The van der Waals surface area contributed by atoms with Crippen molar-refractivity contribution in [3.63, 3.8) is 0 Å². The van der Waals surface area contributed by atoms with Crippen molar-refractivity contribution in [2.45, 2.75) is 31.8 Å². The van der Waals surface area contributed by atoms with Crippen LogP contribution in [-0.2, 0) is 10.0 Å². The molecule has 0 aliphatic rings. The average molecular weight is 418 g/mol. The van der Waals surface area contributed by atoms with Gasteiger partial charge in [0, 0.05) is 6.54 Å². The van der Waals surface area contributed by atoms with Crippen molar-refractivity contribution in [2.75, 3.05) is 18.0 Å². The van der Waals surface area contributed by atoms with Crippen LogP contribution in [0.15, 0.2) is 41.3 Å². The fraction of sp³-hybridized carbons (Fsp3) is 0.333. The lowest BCUT2D eigenvalue weighted by Gasteiger charge is -2.24. The number of hydrogen-bond donors (Lipinski definition) is 0. The Hall–Kier alpha value is -1.63. The van der Waals surface area contributed by atoms with Gasteiger partial charge in [0.2, 0.25) is 0 Å². The lowest BCUT2D eigenvalue weighted by Crippen LogP contribution is -2.31. The van der Waals surface area contributed by atoms with Crippen LogP contribution in [0.4, 0.5) is 5.69 Å². The molecule has 8 heteroatoms. The highest BCUT2D eigenvalue weighted by molar-refractivity contribution is 7.93. The second-order valence-electron chi connectivity index (χ2n) is 5.72. The molecule has 0 fully saturated rings. The van der Waals surface area contributed by atoms with E-state index in [1.165, 1.54) is 23.5 Å². The lowest BCUT2D eigenvalue weighted by atomic mass is 10.3. The zero-order valence-corrected chi connectivity index (χ0v) is 17.3. The van der Waals surface area contributed by atoms with E-state index in [1.54, 1.807) is 31.2 Å².